The van der Waals surface area contributed by atoms with Gasteiger partial charge in [0.25, 0.3) is 0 Å². The number of hydrogen-bond acceptors (Lipinski definition) is 0. The molecule has 0 heterocycles. The summed E-state index contributed by atoms with van der Waals surface area (Å²) in [6.07, 6.45) is 0. The van der Waals surface area contributed by atoms with Crippen molar-refractivity contribution in [2.75, 3.05) is 0 Å². The fourth-order valence-electron chi connectivity index (χ4n) is 4.19. The van der Waals surface area contributed by atoms with Crippen molar-refractivity contribution in [1.82, 2.24) is 0 Å². The molecule has 0 aliphatic rings. The van der Waals surface area contributed by atoms with Gasteiger partial charge in [-0.3, -0.25) is 0 Å². The summed E-state index contributed by atoms with van der Waals surface area (Å²) in [5, 5.41) is -4.13. The first-order valence-electron chi connectivity index (χ1n) is 22.5. The van der Waals surface area contributed by atoms with Crippen LogP contribution in [-0.4, -0.2) is 0 Å². The van der Waals surface area contributed by atoms with E-state index in [1.165, 1.54) is 0 Å². The van der Waals surface area contributed by atoms with Crippen molar-refractivity contribution in [1.29, 1.82) is 0 Å². The lowest BCUT2D eigenvalue weighted by Crippen LogP contribution is -1.93. The fraction of sp³-hybridized carbons (Fsp3) is 0. The Kier molecular flexibility index (Phi) is 1.81. The van der Waals surface area contributed by atoms with Crippen LogP contribution in [0.1, 0.15) is 32.9 Å². The molecule has 0 saturated heterocycles. The summed E-state index contributed by atoms with van der Waals surface area (Å²) in [6, 6.07) is -22.6. The molecule has 0 unspecified atom stereocenters. The molecule has 0 N–H and O–H groups in total. The van der Waals surface area contributed by atoms with Crippen LogP contribution >= 0.6 is 0 Å². The maximum Gasteiger partial charge on any atom is 0.0629 e. The molecular formula is C36H24. The Hall–Kier alpha value is -4.68. The van der Waals surface area contributed by atoms with E-state index in [0.29, 0.717) is 0 Å². The van der Waals surface area contributed by atoms with E-state index in [1.807, 2.05) is 0 Å². The van der Waals surface area contributed by atoms with Crippen molar-refractivity contribution in [2.24, 2.45) is 0 Å². The normalized spacial score (nSPS) is 20.7. The van der Waals surface area contributed by atoms with Gasteiger partial charge in [-0.1, -0.05) is 145 Å². The van der Waals surface area contributed by atoms with Gasteiger partial charge in [0.2, 0.25) is 0 Å². The monoisotopic (exact) mass is 480 g/mol. The quantitative estimate of drug-likeness (QED) is 0.221. The smallest absolute Gasteiger partial charge is 0.0622 e. The molecule has 0 spiro atoms. The highest BCUT2D eigenvalue weighted by atomic mass is 14.2. The van der Waals surface area contributed by atoms with E-state index in [9.17, 15) is 8.22 Å². The second-order valence-electron chi connectivity index (χ2n) is 7.50. The summed E-state index contributed by atoms with van der Waals surface area (Å²) in [7, 11) is 0. The molecule has 0 aromatic heterocycles. The molecule has 7 aromatic rings. The van der Waals surface area contributed by atoms with Gasteiger partial charge in [-0.25, -0.2) is 0 Å². The molecule has 0 heteroatoms. The predicted octanol–water partition coefficient (Wildman–Crippen LogP) is 10.1. The van der Waals surface area contributed by atoms with E-state index < -0.39 is 211 Å². The molecule has 36 heavy (non-hydrogen) atoms. The van der Waals surface area contributed by atoms with Gasteiger partial charge < -0.3 is 0 Å². The van der Waals surface area contributed by atoms with Crippen molar-refractivity contribution in [3.05, 3.63) is 145 Å². The third kappa shape index (κ3) is 3.23. The summed E-state index contributed by atoms with van der Waals surface area (Å²) in [4.78, 5) is 0. The van der Waals surface area contributed by atoms with Crippen LogP contribution in [0.15, 0.2) is 145 Å². The van der Waals surface area contributed by atoms with E-state index in [4.69, 9.17) is 24.7 Å². The van der Waals surface area contributed by atoms with Crippen LogP contribution in [-0.2, 0) is 0 Å². The molecule has 0 aliphatic carbocycles. The van der Waals surface area contributed by atoms with Gasteiger partial charge in [-0.15, -0.1) is 0 Å². The molecule has 0 nitrogen and oxygen atoms in total. The zero-order valence-electron chi connectivity index (χ0n) is 42.0. The molecule has 0 bridgehead atoms. The lowest BCUT2D eigenvalue weighted by Gasteiger charge is -2.20. The standard InChI is InChI=1S/C36H24/c1-2-14-26(15-3-1)35-31-20-8-10-22-33(31)36(34-23-11-9-21-32(34)35)30-19-7-6-18-29(30)28-24-12-16-25-13-4-5-17-27(25)28/h1-24H/i1D,2D,3D,4D,5D,6D,7D,8D,9D,10D,11D,12D,13D,14D,15D,16D,17D,18D,19D,20D,21D,22D,23D,24D. The first kappa shape index (κ1) is 7.66. The second-order valence-corrected chi connectivity index (χ2v) is 7.50. The molecule has 0 aliphatic heterocycles. The lowest BCUT2D eigenvalue weighted by atomic mass is 9.83. The molecule has 0 saturated carbocycles. The number of rotatable bonds is 3. The van der Waals surface area contributed by atoms with Gasteiger partial charge in [-0.2, -0.15) is 0 Å². The predicted molar refractivity (Wildman–Crippen MR) is 155 cm³/mol. The number of benzene rings is 7. The summed E-state index contributed by atoms with van der Waals surface area (Å²) < 4.78 is 211. The average molecular weight is 481 g/mol. The maximum absolute atomic E-state index is 9.36. The Bertz CT molecular complexity index is 3070. The largest absolute Gasteiger partial charge is 0.0629 e. The Balaban J connectivity index is 1.96. The minimum absolute atomic E-state index is 0.620. The first-order valence-corrected chi connectivity index (χ1v) is 10.5. The minimum atomic E-state index is -1.04. The van der Waals surface area contributed by atoms with Crippen molar-refractivity contribution in [3.8, 4) is 33.4 Å². The van der Waals surface area contributed by atoms with Crippen LogP contribution in [0.5, 0.6) is 0 Å². The fourth-order valence-corrected chi connectivity index (χ4v) is 4.19. The van der Waals surface area contributed by atoms with Gasteiger partial charge in [0.05, 0.1) is 32.9 Å². The van der Waals surface area contributed by atoms with Gasteiger partial charge in [0.15, 0.2) is 0 Å². The van der Waals surface area contributed by atoms with Crippen LogP contribution in [0.25, 0.3) is 65.7 Å². The van der Waals surface area contributed by atoms with Crippen molar-refractivity contribution < 1.29 is 32.9 Å². The number of hydrogen-bond donors (Lipinski definition) is 0. The summed E-state index contributed by atoms with van der Waals surface area (Å²) >= 11 is 0. The van der Waals surface area contributed by atoms with Gasteiger partial charge in [0.1, 0.15) is 0 Å². The van der Waals surface area contributed by atoms with E-state index in [2.05, 4.69) is 0 Å². The zero-order chi connectivity index (χ0) is 44.8. The summed E-state index contributed by atoms with van der Waals surface area (Å²) in [5.41, 5.74) is -4.54. The maximum atomic E-state index is 9.36. The Morgan fingerprint density at radius 1 is 0.306 bits per heavy atom. The highest BCUT2D eigenvalue weighted by Gasteiger charge is 2.19. The third-order valence-corrected chi connectivity index (χ3v) is 5.62. The Morgan fingerprint density at radius 2 is 0.750 bits per heavy atom. The molecule has 168 valence electrons. The van der Waals surface area contributed by atoms with Crippen LogP contribution in [0.4, 0.5) is 0 Å². The van der Waals surface area contributed by atoms with Crippen LogP contribution in [0.2, 0.25) is 0 Å². The topological polar surface area (TPSA) is 0 Å². The van der Waals surface area contributed by atoms with E-state index in [1.54, 1.807) is 0 Å². The van der Waals surface area contributed by atoms with Crippen LogP contribution < -0.4 is 0 Å². The van der Waals surface area contributed by atoms with E-state index >= 15 is 0 Å². The van der Waals surface area contributed by atoms with Gasteiger partial charge in [-0.05, 0) is 65.7 Å². The molecular weight excluding hydrogens is 432 g/mol. The molecule has 0 amide bonds. The Labute approximate surface area is 244 Å². The van der Waals surface area contributed by atoms with Crippen molar-refractivity contribution in [2.45, 2.75) is 0 Å². The zero-order valence-corrected chi connectivity index (χ0v) is 18.0. The highest BCUT2D eigenvalue weighted by molar-refractivity contribution is 6.22. The molecule has 0 radical (unpaired) electrons. The minimum Gasteiger partial charge on any atom is -0.0622 e. The van der Waals surface area contributed by atoms with Crippen molar-refractivity contribution >= 4 is 32.3 Å². The molecule has 7 aromatic carbocycles. The van der Waals surface area contributed by atoms with Gasteiger partial charge in [0, 0.05) is 0 Å². The van der Waals surface area contributed by atoms with Crippen LogP contribution in [0.3, 0.4) is 0 Å². The summed E-state index contributed by atoms with van der Waals surface area (Å²) in [6.45, 7) is 0. The SMILES string of the molecule is [2H]c1c([2H])c([2H])c(-c2c3c([2H])c([2H])c([2H])c([2H])c3c(-c3c([2H])c([2H])c([2H])c([2H])c3-c3c([2H])c([2H])c([2H])c4c([2H])c([2H])c([2H])c([2H])c34)c3c([2H])c([2H])c([2H])c([2H])c23)c([2H])c1[2H]. The van der Waals surface area contributed by atoms with E-state index in [-0.39, 0.29) is 0 Å². The second kappa shape index (κ2) is 8.52. The third-order valence-electron chi connectivity index (χ3n) is 5.62. The van der Waals surface area contributed by atoms with E-state index in [0.717, 1.165) is 0 Å². The Morgan fingerprint density at radius 3 is 1.42 bits per heavy atom. The van der Waals surface area contributed by atoms with Gasteiger partial charge >= 0.3 is 0 Å². The van der Waals surface area contributed by atoms with Crippen molar-refractivity contribution in [3.63, 3.8) is 0 Å². The lowest BCUT2D eigenvalue weighted by molar-refractivity contribution is 1.63. The molecule has 0 atom stereocenters. The highest BCUT2D eigenvalue weighted by Crippen LogP contribution is 2.46. The average Bonchev–Trinajstić information content (AvgIpc) is 3.22. The molecule has 0 fully saturated rings. The summed E-state index contributed by atoms with van der Waals surface area (Å²) in [5.74, 6) is 0. The number of fused-ring (bicyclic) bond motifs is 3. The molecule has 7 rings (SSSR count). The van der Waals surface area contributed by atoms with Crippen LogP contribution in [0, 0.1) is 0 Å². The first-order chi connectivity index (χ1) is 27.9.